The van der Waals surface area contributed by atoms with E-state index in [1.165, 1.54) is 0 Å². The highest BCUT2D eigenvalue weighted by molar-refractivity contribution is 5.79. The summed E-state index contributed by atoms with van der Waals surface area (Å²) in [4.78, 5) is 24.5. The SMILES string of the molecule is CC(C)OC(=O)CN(C)C1CCC(=O)CC1. The van der Waals surface area contributed by atoms with Crippen LogP contribution in [0.25, 0.3) is 0 Å². The fourth-order valence-electron chi connectivity index (χ4n) is 2.00. The van der Waals surface area contributed by atoms with E-state index in [-0.39, 0.29) is 12.1 Å². The summed E-state index contributed by atoms with van der Waals surface area (Å²) in [7, 11) is 1.92. The molecule has 0 atom stereocenters. The lowest BCUT2D eigenvalue weighted by molar-refractivity contribution is -0.149. The molecule has 0 aromatic rings. The average molecular weight is 227 g/mol. The fourth-order valence-corrected chi connectivity index (χ4v) is 2.00. The van der Waals surface area contributed by atoms with Crippen LogP contribution in [-0.4, -0.2) is 42.4 Å². The zero-order valence-electron chi connectivity index (χ0n) is 10.4. The molecule has 92 valence electrons. The van der Waals surface area contributed by atoms with Crippen LogP contribution in [0.3, 0.4) is 0 Å². The second-order valence-corrected chi connectivity index (χ2v) is 4.72. The summed E-state index contributed by atoms with van der Waals surface area (Å²) in [6, 6.07) is 0.345. The third kappa shape index (κ3) is 4.31. The van der Waals surface area contributed by atoms with Crippen molar-refractivity contribution in [1.82, 2.24) is 4.90 Å². The molecule has 4 heteroatoms. The first-order valence-electron chi connectivity index (χ1n) is 5.90. The summed E-state index contributed by atoms with van der Waals surface area (Å²) in [6.45, 7) is 4.01. The molecule has 1 saturated carbocycles. The number of hydrogen-bond acceptors (Lipinski definition) is 4. The summed E-state index contributed by atoms with van der Waals surface area (Å²) in [6.07, 6.45) is 2.96. The topological polar surface area (TPSA) is 46.6 Å². The predicted molar refractivity (Wildman–Crippen MR) is 61.1 cm³/mol. The Labute approximate surface area is 96.9 Å². The number of Topliss-reactive ketones (excluding diaryl/α,β-unsaturated/α-hetero) is 1. The van der Waals surface area contributed by atoms with Gasteiger partial charge in [-0.1, -0.05) is 0 Å². The lowest BCUT2D eigenvalue weighted by atomic mass is 9.93. The van der Waals surface area contributed by atoms with Gasteiger partial charge >= 0.3 is 5.97 Å². The summed E-state index contributed by atoms with van der Waals surface area (Å²) in [5.41, 5.74) is 0. The van der Waals surface area contributed by atoms with Gasteiger partial charge in [0, 0.05) is 18.9 Å². The molecule has 0 aromatic heterocycles. The van der Waals surface area contributed by atoms with Gasteiger partial charge < -0.3 is 4.74 Å². The van der Waals surface area contributed by atoms with Crippen molar-refractivity contribution < 1.29 is 14.3 Å². The highest BCUT2D eigenvalue weighted by atomic mass is 16.5. The molecule has 0 spiro atoms. The number of ether oxygens (including phenoxy) is 1. The summed E-state index contributed by atoms with van der Waals surface area (Å²) < 4.78 is 5.09. The minimum atomic E-state index is -0.186. The molecule has 0 heterocycles. The van der Waals surface area contributed by atoms with Gasteiger partial charge in [-0.15, -0.1) is 0 Å². The van der Waals surface area contributed by atoms with Crippen molar-refractivity contribution in [3.05, 3.63) is 0 Å². The Hall–Kier alpha value is -0.900. The number of hydrogen-bond donors (Lipinski definition) is 0. The highest BCUT2D eigenvalue weighted by Gasteiger charge is 2.23. The van der Waals surface area contributed by atoms with Crippen LogP contribution in [0.5, 0.6) is 0 Å². The minimum absolute atomic E-state index is 0.0613. The third-order valence-electron chi connectivity index (χ3n) is 2.88. The van der Waals surface area contributed by atoms with E-state index in [1.807, 2.05) is 25.8 Å². The molecule has 1 aliphatic carbocycles. The van der Waals surface area contributed by atoms with Crippen LogP contribution < -0.4 is 0 Å². The van der Waals surface area contributed by atoms with Gasteiger partial charge in [0.2, 0.25) is 0 Å². The Bertz CT molecular complexity index is 253. The number of nitrogens with zero attached hydrogens (tertiary/aromatic N) is 1. The van der Waals surface area contributed by atoms with Crippen molar-refractivity contribution >= 4 is 11.8 Å². The van der Waals surface area contributed by atoms with Crippen molar-refractivity contribution in [3.63, 3.8) is 0 Å². The standard InChI is InChI=1S/C12H21NO3/c1-9(2)16-12(15)8-13(3)10-4-6-11(14)7-5-10/h9-10H,4-8H2,1-3H3. The van der Waals surface area contributed by atoms with Crippen molar-refractivity contribution in [2.24, 2.45) is 0 Å². The molecule has 0 radical (unpaired) electrons. The maximum absolute atomic E-state index is 11.4. The smallest absolute Gasteiger partial charge is 0.320 e. The maximum atomic E-state index is 11.4. The summed E-state index contributed by atoms with van der Waals surface area (Å²) in [5.74, 6) is 0.156. The molecule has 0 saturated heterocycles. The molecule has 16 heavy (non-hydrogen) atoms. The largest absolute Gasteiger partial charge is 0.462 e. The molecular weight excluding hydrogens is 206 g/mol. The van der Waals surface area contributed by atoms with Crippen LogP contribution in [-0.2, 0) is 14.3 Å². The van der Waals surface area contributed by atoms with Crippen LogP contribution in [0.4, 0.5) is 0 Å². The van der Waals surface area contributed by atoms with Crippen LogP contribution >= 0.6 is 0 Å². The second-order valence-electron chi connectivity index (χ2n) is 4.72. The fraction of sp³-hybridized carbons (Fsp3) is 0.833. The number of carbonyl (C=O) groups is 2. The third-order valence-corrected chi connectivity index (χ3v) is 2.88. The first-order chi connectivity index (χ1) is 7.49. The van der Waals surface area contributed by atoms with Crippen LogP contribution in [0, 0.1) is 0 Å². The van der Waals surface area contributed by atoms with Gasteiger partial charge in [0.25, 0.3) is 0 Å². The van der Waals surface area contributed by atoms with Crippen LogP contribution in [0.1, 0.15) is 39.5 Å². The predicted octanol–water partition coefficient (Wildman–Crippen LogP) is 1.38. The van der Waals surface area contributed by atoms with Gasteiger partial charge in [0.1, 0.15) is 5.78 Å². The zero-order valence-corrected chi connectivity index (χ0v) is 10.4. The van der Waals surface area contributed by atoms with Gasteiger partial charge in [-0.25, -0.2) is 0 Å². The molecule has 0 bridgehead atoms. The Morgan fingerprint density at radius 3 is 2.50 bits per heavy atom. The Balaban J connectivity index is 2.31. The first-order valence-corrected chi connectivity index (χ1v) is 5.90. The van der Waals surface area contributed by atoms with Crippen molar-refractivity contribution in [1.29, 1.82) is 0 Å². The van der Waals surface area contributed by atoms with Crippen molar-refractivity contribution in [2.45, 2.75) is 51.7 Å². The van der Waals surface area contributed by atoms with Crippen LogP contribution in [0.15, 0.2) is 0 Å². The van der Waals surface area contributed by atoms with Gasteiger partial charge in [-0.3, -0.25) is 14.5 Å². The molecule has 1 rings (SSSR count). The average Bonchev–Trinajstić information content (AvgIpc) is 2.16. The van der Waals surface area contributed by atoms with E-state index in [2.05, 4.69) is 0 Å². The number of ketones is 1. The van der Waals surface area contributed by atoms with Gasteiger partial charge in [-0.2, -0.15) is 0 Å². The molecule has 0 amide bonds. The maximum Gasteiger partial charge on any atom is 0.320 e. The number of carbonyl (C=O) groups excluding carboxylic acids is 2. The normalized spacial score (nSPS) is 18.2. The second kappa shape index (κ2) is 5.99. The van der Waals surface area contributed by atoms with Crippen molar-refractivity contribution in [3.8, 4) is 0 Å². The zero-order chi connectivity index (χ0) is 12.1. The van der Waals surface area contributed by atoms with Gasteiger partial charge in [-0.05, 0) is 33.7 Å². The van der Waals surface area contributed by atoms with E-state index in [1.54, 1.807) is 0 Å². The number of esters is 1. The van der Waals surface area contributed by atoms with E-state index >= 15 is 0 Å². The first kappa shape index (κ1) is 13.2. The minimum Gasteiger partial charge on any atom is -0.462 e. The number of rotatable bonds is 4. The molecule has 0 aromatic carbocycles. The molecule has 0 N–H and O–H groups in total. The van der Waals surface area contributed by atoms with Gasteiger partial charge in [0.05, 0.1) is 12.6 Å². The van der Waals surface area contributed by atoms with E-state index in [0.29, 0.717) is 31.2 Å². The molecular formula is C12H21NO3. The van der Waals surface area contributed by atoms with Gasteiger partial charge in [0.15, 0.2) is 0 Å². The van der Waals surface area contributed by atoms with E-state index in [9.17, 15) is 9.59 Å². The quantitative estimate of drug-likeness (QED) is 0.681. The highest BCUT2D eigenvalue weighted by Crippen LogP contribution is 2.19. The van der Waals surface area contributed by atoms with Crippen LogP contribution in [0.2, 0.25) is 0 Å². The molecule has 1 aliphatic rings. The molecule has 1 fully saturated rings. The lowest BCUT2D eigenvalue weighted by Crippen LogP contribution is -2.39. The summed E-state index contributed by atoms with van der Waals surface area (Å²) in [5, 5.41) is 0. The molecule has 4 nitrogen and oxygen atoms in total. The summed E-state index contributed by atoms with van der Waals surface area (Å²) >= 11 is 0. The molecule has 0 unspecified atom stereocenters. The van der Waals surface area contributed by atoms with E-state index in [4.69, 9.17) is 4.74 Å². The van der Waals surface area contributed by atoms with E-state index < -0.39 is 0 Å². The van der Waals surface area contributed by atoms with Crippen molar-refractivity contribution in [2.75, 3.05) is 13.6 Å². The Morgan fingerprint density at radius 2 is 2.00 bits per heavy atom. The Kier molecular flexibility index (Phi) is 4.93. The lowest BCUT2D eigenvalue weighted by Gasteiger charge is -2.29. The number of likely N-dealkylation sites (N-methyl/N-ethyl adjacent to an activating group) is 1. The Morgan fingerprint density at radius 1 is 1.44 bits per heavy atom. The molecule has 0 aliphatic heterocycles. The van der Waals surface area contributed by atoms with E-state index in [0.717, 1.165) is 12.8 Å². The monoisotopic (exact) mass is 227 g/mol.